The van der Waals surface area contributed by atoms with Gasteiger partial charge in [0.2, 0.25) is 0 Å². The molecule has 0 bridgehead atoms. The number of nitrogens with zero attached hydrogens (tertiary/aromatic N) is 3. The second-order valence-corrected chi connectivity index (χ2v) is 4.14. The molecule has 1 aromatic carbocycles. The van der Waals surface area contributed by atoms with Crippen LogP contribution in [0.15, 0.2) is 35.4 Å². The molecule has 0 aromatic heterocycles. The third kappa shape index (κ3) is 1.85. The maximum absolute atomic E-state index is 11.9. The van der Waals surface area contributed by atoms with Crippen LogP contribution in [0, 0.1) is 5.92 Å². The van der Waals surface area contributed by atoms with Crippen molar-refractivity contribution in [3.8, 4) is 0 Å². The molecule has 1 saturated carbocycles. The summed E-state index contributed by atoms with van der Waals surface area (Å²) in [6.07, 6.45) is 0.683. The third-order valence-corrected chi connectivity index (χ3v) is 3.31. The smallest absolute Gasteiger partial charge is 0.316 e. The fourth-order valence-corrected chi connectivity index (χ4v) is 2.32. The number of rotatable bonds is 4. The van der Waals surface area contributed by atoms with Gasteiger partial charge < -0.3 is 4.74 Å². The first-order valence-corrected chi connectivity index (χ1v) is 5.40. The number of azide groups is 1. The van der Waals surface area contributed by atoms with Gasteiger partial charge in [0, 0.05) is 11.5 Å². The van der Waals surface area contributed by atoms with Crippen LogP contribution in [0.1, 0.15) is 12.0 Å². The van der Waals surface area contributed by atoms with Crippen LogP contribution in [-0.4, -0.2) is 19.6 Å². The van der Waals surface area contributed by atoms with Gasteiger partial charge in [0.25, 0.3) is 0 Å². The van der Waals surface area contributed by atoms with Crippen molar-refractivity contribution < 1.29 is 9.53 Å². The minimum atomic E-state index is -0.607. The zero-order valence-corrected chi connectivity index (χ0v) is 9.54. The fourth-order valence-electron chi connectivity index (χ4n) is 2.32. The molecule has 0 radical (unpaired) electrons. The van der Waals surface area contributed by atoms with Gasteiger partial charge in [0.15, 0.2) is 0 Å². The number of benzene rings is 1. The van der Waals surface area contributed by atoms with E-state index in [0.29, 0.717) is 13.0 Å². The first-order chi connectivity index (χ1) is 8.25. The van der Waals surface area contributed by atoms with Crippen LogP contribution >= 0.6 is 0 Å². The third-order valence-electron chi connectivity index (χ3n) is 3.31. The van der Waals surface area contributed by atoms with Crippen LogP contribution in [0.25, 0.3) is 10.4 Å². The number of ether oxygens (including phenoxy) is 1. The second-order valence-electron chi connectivity index (χ2n) is 4.14. The van der Waals surface area contributed by atoms with E-state index in [1.807, 2.05) is 30.3 Å². The molecule has 1 fully saturated rings. The molecule has 0 aliphatic heterocycles. The van der Waals surface area contributed by atoms with E-state index in [9.17, 15) is 4.79 Å². The molecule has 0 N–H and O–H groups in total. The van der Waals surface area contributed by atoms with Crippen LogP contribution in [0.2, 0.25) is 0 Å². The first-order valence-electron chi connectivity index (χ1n) is 5.40. The number of esters is 1. The topological polar surface area (TPSA) is 75.1 Å². The van der Waals surface area contributed by atoms with E-state index < -0.39 is 5.41 Å². The predicted molar refractivity (Wildman–Crippen MR) is 62.3 cm³/mol. The van der Waals surface area contributed by atoms with Crippen molar-refractivity contribution in [3.63, 3.8) is 0 Å². The number of carbonyl (C=O) groups is 1. The Bertz CT molecular complexity index is 468. The molecule has 0 amide bonds. The number of hydrogen-bond donors (Lipinski definition) is 0. The van der Waals surface area contributed by atoms with E-state index in [4.69, 9.17) is 10.3 Å². The molecule has 1 aromatic rings. The molecule has 0 spiro atoms. The van der Waals surface area contributed by atoms with Gasteiger partial charge in [-0.15, -0.1) is 0 Å². The lowest BCUT2D eigenvalue weighted by Gasteiger charge is -2.14. The van der Waals surface area contributed by atoms with Gasteiger partial charge in [-0.25, -0.2) is 0 Å². The van der Waals surface area contributed by atoms with Gasteiger partial charge in [-0.1, -0.05) is 35.4 Å². The Balaban J connectivity index is 2.29. The summed E-state index contributed by atoms with van der Waals surface area (Å²) < 4.78 is 4.87. The Kier molecular flexibility index (Phi) is 3.02. The quantitative estimate of drug-likeness (QED) is 0.345. The van der Waals surface area contributed by atoms with Gasteiger partial charge in [0.1, 0.15) is 0 Å². The highest BCUT2D eigenvalue weighted by Gasteiger charge is 2.61. The van der Waals surface area contributed by atoms with Crippen molar-refractivity contribution in [2.24, 2.45) is 11.0 Å². The molecule has 17 heavy (non-hydrogen) atoms. The maximum Gasteiger partial charge on any atom is 0.316 e. The van der Waals surface area contributed by atoms with E-state index in [0.717, 1.165) is 5.56 Å². The van der Waals surface area contributed by atoms with Crippen LogP contribution in [-0.2, 0) is 14.9 Å². The summed E-state index contributed by atoms with van der Waals surface area (Å²) >= 11 is 0. The zero-order chi connectivity index (χ0) is 12.3. The average Bonchev–Trinajstić information content (AvgIpc) is 3.12. The summed E-state index contributed by atoms with van der Waals surface area (Å²) in [6, 6.07) is 9.51. The molecule has 1 aliphatic rings. The summed E-state index contributed by atoms with van der Waals surface area (Å²) in [5.41, 5.74) is 8.65. The molecule has 88 valence electrons. The molecule has 2 atom stereocenters. The lowest BCUT2D eigenvalue weighted by Crippen LogP contribution is -2.25. The standard InChI is InChI=1S/C12H13N3O2/c1-17-11(16)12(7-10(12)8-14-15-13)9-5-3-2-4-6-9/h2-6,10H,7-8H2,1H3. The van der Waals surface area contributed by atoms with Crippen LogP contribution in [0.5, 0.6) is 0 Å². The van der Waals surface area contributed by atoms with E-state index in [-0.39, 0.29) is 11.9 Å². The largest absolute Gasteiger partial charge is 0.468 e. The summed E-state index contributed by atoms with van der Waals surface area (Å²) in [5.74, 6) is -0.199. The van der Waals surface area contributed by atoms with Crippen molar-refractivity contribution >= 4 is 5.97 Å². The van der Waals surface area contributed by atoms with E-state index in [2.05, 4.69) is 10.0 Å². The summed E-state index contributed by atoms with van der Waals surface area (Å²) in [4.78, 5) is 14.6. The molecule has 5 heteroatoms. The normalized spacial score (nSPS) is 25.8. The van der Waals surface area contributed by atoms with Gasteiger partial charge in [-0.2, -0.15) is 0 Å². The van der Waals surface area contributed by atoms with Crippen LogP contribution in [0.4, 0.5) is 0 Å². The lowest BCUT2D eigenvalue weighted by atomic mass is 9.93. The molecule has 5 nitrogen and oxygen atoms in total. The first kappa shape index (κ1) is 11.5. The van der Waals surface area contributed by atoms with Crippen LogP contribution < -0.4 is 0 Å². The Morgan fingerprint density at radius 3 is 2.88 bits per heavy atom. The molecule has 2 rings (SSSR count). The number of methoxy groups -OCH3 is 1. The van der Waals surface area contributed by atoms with Crippen molar-refractivity contribution in [2.75, 3.05) is 13.7 Å². The molecule has 1 aliphatic carbocycles. The highest BCUT2D eigenvalue weighted by Crippen LogP contribution is 2.55. The summed E-state index contributed by atoms with van der Waals surface area (Å²) in [6.45, 7) is 0.334. The van der Waals surface area contributed by atoms with Crippen molar-refractivity contribution in [3.05, 3.63) is 46.3 Å². The highest BCUT2D eigenvalue weighted by atomic mass is 16.5. The summed E-state index contributed by atoms with van der Waals surface area (Å²) in [7, 11) is 1.38. The van der Waals surface area contributed by atoms with Crippen molar-refractivity contribution in [1.82, 2.24) is 0 Å². The Hall–Kier alpha value is -2.00. The SMILES string of the molecule is COC(=O)C1(c2ccccc2)CC1CN=[N+]=[N-]. The van der Waals surface area contributed by atoms with E-state index in [1.54, 1.807) is 0 Å². The zero-order valence-electron chi connectivity index (χ0n) is 9.54. The molecule has 0 saturated heterocycles. The Labute approximate surface area is 99.0 Å². The summed E-state index contributed by atoms with van der Waals surface area (Å²) in [5, 5.41) is 3.54. The van der Waals surface area contributed by atoms with Gasteiger partial charge >= 0.3 is 5.97 Å². The van der Waals surface area contributed by atoms with Crippen LogP contribution in [0.3, 0.4) is 0 Å². The lowest BCUT2D eigenvalue weighted by molar-refractivity contribution is -0.144. The van der Waals surface area contributed by atoms with Crippen molar-refractivity contribution in [2.45, 2.75) is 11.8 Å². The Morgan fingerprint density at radius 1 is 1.59 bits per heavy atom. The molecule has 2 unspecified atom stereocenters. The monoisotopic (exact) mass is 231 g/mol. The van der Waals surface area contributed by atoms with Gasteiger partial charge in [-0.3, -0.25) is 4.79 Å². The highest BCUT2D eigenvalue weighted by molar-refractivity contribution is 5.87. The van der Waals surface area contributed by atoms with Crippen molar-refractivity contribution in [1.29, 1.82) is 0 Å². The molecular weight excluding hydrogens is 218 g/mol. The average molecular weight is 231 g/mol. The van der Waals surface area contributed by atoms with E-state index in [1.165, 1.54) is 7.11 Å². The number of carbonyl (C=O) groups excluding carboxylic acids is 1. The number of hydrogen-bond acceptors (Lipinski definition) is 3. The minimum absolute atomic E-state index is 0.0493. The predicted octanol–water partition coefficient (Wildman–Crippen LogP) is 2.43. The molecular formula is C12H13N3O2. The van der Waals surface area contributed by atoms with E-state index >= 15 is 0 Å². The fraction of sp³-hybridized carbons (Fsp3) is 0.417. The minimum Gasteiger partial charge on any atom is -0.468 e. The Morgan fingerprint density at radius 2 is 2.29 bits per heavy atom. The second kappa shape index (κ2) is 4.47. The van der Waals surface area contributed by atoms with Gasteiger partial charge in [0.05, 0.1) is 12.5 Å². The van der Waals surface area contributed by atoms with Gasteiger partial charge in [-0.05, 0) is 23.4 Å². The molecule has 0 heterocycles. The maximum atomic E-state index is 11.9.